The standard InChI is InChI=1S/C22H26N4O2/c1-16-6-2-3-7-17(16)14-21(27)24-18-10-11-20(23-15-18)26-13-12-25(22(26)28)19-8-4-5-9-19/h2-3,6-7,10-11,15,19H,4-5,8-9,12-14H2,1H3,(H,24,27). The SMILES string of the molecule is Cc1ccccc1CC(=O)Nc1ccc(N2CCN(C3CCCC3)C2=O)nc1. The van der Waals surface area contributed by atoms with Gasteiger partial charge in [-0.1, -0.05) is 37.1 Å². The average Bonchev–Trinajstić information content (AvgIpc) is 3.34. The molecule has 2 heterocycles. The quantitative estimate of drug-likeness (QED) is 0.862. The first kappa shape index (κ1) is 18.5. The molecule has 6 heteroatoms. The third kappa shape index (κ3) is 3.86. The van der Waals surface area contributed by atoms with Crippen LogP contribution in [0.5, 0.6) is 0 Å². The fraction of sp³-hybridized carbons (Fsp3) is 0.409. The molecule has 1 aliphatic carbocycles. The van der Waals surface area contributed by atoms with Crippen LogP contribution in [0.4, 0.5) is 16.3 Å². The van der Waals surface area contributed by atoms with Gasteiger partial charge in [0.2, 0.25) is 5.91 Å². The van der Waals surface area contributed by atoms with Gasteiger partial charge in [-0.25, -0.2) is 9.78 Å². The first-order chi connectivity index (χ1) is 13.6. The van der Waals surface area contributed by atoms with Crippen LogP contribution in [-0.4, -0.2) is 41.0 Å². The Hall–Kier alpha value is -2.89. The summed E-state index contributed by atoms with van der Waals surface area (Å²) in [4.78, 5) is 33.2. The number of carbonyl (C=O) groups is 2. The van der Waals surface area contributed by atoms with E-state index in [1.807, 2.05) is 42.2 Å². The Morgan fingerprint density at radius 2 is 1.93 bits per heavy atom. The third-order valence-corrected chi connectivity index (χ3v) is 5.73. The van der Waals surface area contributed by atoms with Gasteiger partial charge in [-0.15, -0.1) is 0 Å². The molecule has 1 saturated carbocycles. The molecule has 6 nitrogen and oxygen atoms in total. The lowest BCUT2D eigenvalue weighted by Gasteiger charge is -2.23. The van der Waals surface area contributed by atoms with Gasteiger partial charge < -0.3 is 10.2 Å². The van der Waals surface area contributed by atoms with E-state index in [1.165, 1.54) is 12.8 Å². The fourth-order valence-electron chi connectivity index (χ4n) is 4.13. The Morgan fingerprint density at radius 3 is 2.64 bits per heavy atom. The molecular formula is C22H26N4O2. The van der Waals surface area contributed by atoms with Crippen LogP contribution in [0.15, 0.2) is 42.6 Å². The van der Waals surface area contributed by atoms with E-state index in [-0.39, 0.29) is 11.9 Å². The van der Waals surface area contributed by atoms with Gasteiger partial charge in [0.25, 0.3) is 0 Å². The molecule has 1 aliphatic heterocycles. The molecule has 1 aromatic carbocycles. The molecule has 1 aromatic heterocycles. The maximum atomic E-state index is 12.7. The third-order valence-electron chi connectivity index (χ3n) is 5.73. The smallest absolute Gasteiger partial charge is 0.324 e. The van der Waals surface area contributed by atoms with Crippen LogP contribution in [0, 0.1) is 6.92 Å². The number of rotatable bonds is 5. The molecular weight excluding hydrogens is 352 g/mol. The number of nitrogens with zero attached hydrogens (tertiary/aromatic N) is 3. The number of urea groups is 1. The van der Waals surface area contributed by atoms with Crippen LogP contribution < -0.4 is 10.2 Å². The summed E-state index contributed by atoms with van der Waals surface area (Å²) in [5.41, 5.74) is 2.76. The van der Waals surface area contributed by atoms with Crippen LogP contribution in [0.25, 0.3) is 0 Å². The van der Waals surface area contributed by atoms with Gasteiger partial charge in [0, 0.05) is 19.1 Å². The molecule has 1 saturated heterocycles. The molecule has 0 radical (unpaired) electrons. The van der Waals surface area contributed by atoms with E-state index in [2.05, 4.69) is 10.3 Å². The predicted molar refractivity (Wildman–Crippen MR) is 109 cm³/mol. The lowest BCUT2D eigenvalue weighted by molar-refractivity contribution is -0.115. The highest BCUT2D eigenvalue weighted by Crippen LogP contribution is 2.28. The lowest BCUT2D eigenvalue weighted by Crippen LogP contribution is -2.38. The number of carbonyl (C=O) groups excluding carboxylic acids is 2. The summed E-state index contributed by atoms with van der Waals surface area (Å²) in [5.74, 6) is 0.566. The molecule has 2 fully saturated rings. The number of aromatic nitrogens is 1. The molecule has 0 bridgehead atoms. The molecule has 28 heavy (non-hydrogen) atoms. The zero-order chi connectivity index (χ0) is 19.5. The van der Waals surface area contributed by atoms with Crippen molar-refractivity contribution in [3.63, 3.8) is 0 Å². The highest BCUT2D eigenvalue weighted by Gasteiger charge is 2.36. The minimum absolute atomic E-state index is 0.0516. The molecule has 2 aliphatic rings. The summed E-state index contributed by atoms with van der Waals surface area (Å²) in [5, 5.41) is 2.88. The van der Waals surface area contributed by atoms with Crippen LogP contribution in [0.1, 0.15) is 36.8 Å². The first-order valence-electron chi connectivity index (χ1n) is 10.0. The van der Waals surface area contributed by atoms with Crippen LogP contribution in [-0.2, 0) is 11.2 Å². The molecule has 0 spiro atoms. The predicted octanol–water partition coefficient (Wildman–Crippen LogP) is 3.76. The second kappa shape index (κ2) is 8.00. The first-order valence-corrected chi connectivity index (χ1v) is 10.0. The summed E-state index contributed by atoms with van der Waals surface area (Å²) in [7, 11) is 0. The Labute approximate surface area is 165 Å². The van der Waals surface area contributed by atoms with E-state index in [0.29, 0.717) is 30.5 Å². The largest absolute Gasteiger partial charge is 0.326 e. The molecule has 146 valence electrons. The normalized spacial score (nSPS) is 17.4. The van der Waals surface area contributed by atoms with Crippen LogP contribution in [0.2, 0.25) is 0 Å². The number of anilines is 2. The number of aryl methyl sites for hydroxylation is 1. The van der Waals surface area contributed by atoms with Gasteiger partial charge in [0.1, 0.15) is 5.82 Å². The van der Waals surface area contributed by atoms with Crippen molar-refractivity contribution >= 4 is 23.4 Å². The van der Waals surface area contributed by atoms with E-state index >= 15 is 0 Å². The maximum Gasteiger partial charge on any atom is 0.326 e. The zero-order valence-electron chi connectivity index (χ0n) is 16.2. The number of hydrogen-bond acceptors (Lipinski definition) is 3. The summed E-state index contributed by atoms with van der Waals surface area (Å²) < 4.78 is 0. The second-order valence-corrected chi connectivity index (χ2v) is 7.62. The number of nitrogens with one attached hydrogen (secondary N) is 1. The number of amides is 3. The summed E-state index contributed by atoms with van der Waals surface area (Å²) in [6.07, 6.45) is 6.59. The second-order valence-electron chi connectivity index (χ2n) is 7.62. The van der Waals surface area contributed by atoms with Crippen molar-refractivity contribution in [2.45, 2.75) is 45.1 Å². The number of pyridine rings is 1. The molecule has 2 aromatic rings. The lowest BCUT2D eigenvalue weighted by atomic mass is 10.1. The molecule has 3 amide bonds. The van der Waals surface area contributed by atoms with Gasteiger partial charge in [0.05, 0.1) is 18.3 Å². The summed E-state index contributed by atoms with van der Waals surface area (Å²) in [6.45, 7) is 3.43. The van der Waals surface area contributed by atoms with Crippen molar-refractivity contribution in [3.05, 3.63) is 53.7 Å². The maximum absolute atomic E-state index is 12.7. The van der Waals surface area contributed by atoms with Gasteiger partial charge in [0.15, 0.2) is 0 Å². The van der Waals surface area contributed by atoms with Crippen molar-refractivity contribution in [2.75, 3.05) is 23.3 Å². The number of hydrogen-bond donors (Lipinski definition) is 1. The highest BCUT2D eigenvalue weighted by molar-refractivity contribution is 5.94. The molecule has 0 unspecified atom stereocenters. The van der Waals surface area contributed by atoms with Crippen molar-refractivity contribution in [2.24, 2.45) is 0 Å². The molecule has 1 N–H and O–H groups in total. The van der Waals surface area contributed by atoms with Gasteiger partial charge >= 0.3 is 6.03 Å². The Kier molecular flexibility index (Phi) is 5.28. The summed E-state index contributed by atoms with van der Waals surface area (Å²) in [6, 6.07) is 11.9. The van der Waals surface area contributed by atoms with E-state index in [9.17, 15) is 9.59 Å². The van der Waals surface area contributed by atoms with Crippen LogP contribution in [0.3, 0.4) is 0 Å². The van der Waals surface area contributed by atoms with Crippen molar-refractivity contribution in [3.8, 4) is 0 Å². The minimum atomic E-state index is -0.0755. The Bertz CT molecular complexity index is 859. The molecule has 0 atom stereocenters. The highest BCUT2D eigenvalue weighted by atomic mass is 16.2. The van der Waals surface area contributed by atoms with Crippen LogP contribution >= 0.6 is 0 Å². The van der Waals surface area contributed by atoms with Crippen molar-refractivity contribution in [1.82, 2.24) is 9.88 Å². The van der Waals surface area contributed by atoms with Crippen molar-refractivity contribution < 1.29 is 9.59 Å². The Morgan fingerprint density at radius 1 is 1.14 bits per heavy atom. The Balaban J connectivity index is 1.37. The van der Waals surface area contributed by atoms with Gasteiger partial charge in [-0.05, 0) is 43.0 Å². The van der Waals surface area contributed by atoms with E-state index in [0.717, 1.165) is 30.5 Å². The van der Waals surface area contributed by atoms with Gasteiger partial charge in [-0.2, -0.15) is 0 Å². The zero-order valence-corrected chi connectivity index (χ0v) is 16.2. The fourth-order valence-corrected chi connectivity index (χ4v) is 4.13. The minimum Gasteiger partial charge on any atom is -0.324 e. The summed E-state index contributed by atoms with van der Waals surface area (Å²) >= 11 is 0. The van der Waals surface area contributed by atoms with E-state index in [1.54, 1.807) is 17.2 Å². The van der Waals surface area contributed by atoms with Gasteiger partial charge in [-0.3, -0.25) is 9.69 Å². The van der Waals surface area contributed by atoms with E-state index < -0.39 is 0 Å². The topological polar surface area (TPSA) is 65.5 Å². The average molecular weight is 378 g/mol. The monoisotopic (exact) mass is 378 g/mol. The van der Waals surface area contributed by atoms with E-state index in [4.69, 9.17) is 0 Å². The number of benzene rings is 1. The molecule has 4 rings (SSSR count). The van der Waals surface area contributed by atoms with Crippen molar-refractivity contribution in [1.29, 1.82) is 0 Å².